The zero-order valence-electron chi connectivity index (χ0n) is 13.0. The van der Waals surface area contributed by atoms with Gasteiger partial charge in [-0.25, -0.2) is 0 Å². The summed E-state index contributed by atoms with van der Waals surface area (Å²) in [6, 6.07) is 8.40. The van der Waals surface area contributed by atoms with Gasteiger partial charge in [0, 0.05) is 13.0 Å². The Hall–Kier alpha value is -2.37. The first-order valence-corrected chi connectivity index (χ1v) is 7.90. The van der Waals surface area contributed by atoms with E-state index in [2.05, 4.69) is 5.32 Å². The zero-order chi connectivity index (χ0) is 16.7. The second-order valence-corrected chi connectivity index (χ2v) is 5.75. The molecule has 1 aromatic carbocycles. The number of nitrogens with zero attached hydrogens (tertiary/aromatic N) is 1. The summed E-state index contributed by atoms with van der Waals surface area (Å²) in [5.41, 5.74) is 0.741. The molecule has 1 aromatic rings. The quantitative estimate of drug-likeness (QED) is 0.836. The predicted octanol–water partition coefficient (Wildman–Crippen LogP) is 1.72. The van der Waals surface area contributed by atoms with E-state index in [9.17, 15) is 14.4 Å². The number of amides is 2. The number of likely N-dealkylation sites (tertiary alicyclic amines) is 1. The molecule has 2 rings (SSSR count). The van der Waals surface area contributed by atoms with E-state index in [0.29, 0.717) is 13.0 Å². The van der Waals surface area contributed by atoms with Crippen molar-refractivity contribution < 1.29 is 19.5 Å². The standard InChI is InChI=1S/C17H22N2O4/c20-15(12-19-10-6-2-5-9-16(19)21)18-14(11-17(22)23)13-7-3-1-4-8-13/h1,3-4,7-8,14H,2,5-6,9-12H2,(H,18,20)(H,22,23)/t14-/m0/s1. The molecule has 6 nitrogen and oxygen atoms in total. The van der Waals surface area contributed by atoms with Crippen molar-refractivity contribution in [2.45, 2.75) is 38.1 Å². The van der Waals surface area contributed by atoms with E-state index in [1.54, 1.807) is 29.2 Å². The molecule has 0 bridgehead atoms. The molecule has 1 fully saturated rings. The molecule has 1 saturated heterocycles. The van der Waals surface area contributed by atoms with E-state index in [1.807, 2.05) is 6.07 Å². The van der Waals surface area contributed by atoms with Crippen LogP contribution in [0.3, 0.4) is 0 Å². The van der Waals surface area contributed by atoms with E-state index >= 15 is 0 Å². The van der Waals surface area contributed by atoms with E-state index in [0.717, 1.165) is 24.8 Å². The highest BCUT2D eigenvalue weighted by molar-refractivity contribution is 5.85. The van der Waals surface area contributed by atoms with Crippen LogP contribution in [0, 0.1) is 0 Å². The van der Waals surface area contributed by atoms with Crippen LogP contribution in [-0.4, -0.2) is 40.9 Å². The van der Waals surface area contributed by atoms with Crippen molar-refractivity contribution in [3.05, 3.63) is 35.9 Å². The van der Waals surface area contributed by atoms with Gasteiger partial charge in [-0.05, 0) is 18.4 Å². The Kier molecular flexibility index (Phi) is 6.14. The molecule has 124 valence electrons. The lowest BCUT2D eigenvalue weighted by atomic mass is 10.0. The van der Waals surface area contributed by atoms with Crippen molar-refractivity contribution in [1.29, 1.82) is 0 Å². The zero-order valence-corrected chi connectivity index (χ0v) is 13.0. The van der Waals surface area contributed by atoms with Crippen LogP contribution in [0.5, 0.6) is 0 Å². The van der Waals surface area contributed by atoms with Crippen LogP contribution >= 0.6 is 0 Å². The lowest BCUT2D eigenvalue weighted by Gasteiger charge is -2.22. The summed E-state index contributed by atoms with van der Waals surface area (Å²) in [6.07, 6.45) is 3.04. The van der Waals surface area contributed by atoms with Gasteiger partial charge in [0.05, 0.1) is 19.0 Å². The molecule has 0 aliphatic carbocycles. The first-order valence-electron chi connectivity index (χ1n) is 7.90. The van der Waals surface area contributed by atoms with Crippen molar-refractivity contribution in [2.24, 2.45) is 0 Å². The van der Waals surface area contributed by atoms with E-state index in [4.69, 9.17) is 5.11 Å². The Bertz CT molecular complexity index is 559. The number of nitrogens with one attached hydrogen (secondary N) is 1. The summed E-state index contributed by atoms with van der Waals surface area (Å²) in [7, 11) is 0. The SMILES string of the molecule is O=C(O)C[C@H](NC(=O)CN1CCCCCC1=O)c1ccccc1. The molecule has 23 heavy (non-hydrogen) atoms. The highest BCUT2D eigenvalue weighted by atomic mass is 16.4. The van der Waals surface area contributed by atoms with Crippen LogP contribution in [0.15, 0.2) is 30.3 Å². The second-order valence-electron chi connectivity index (χ2n) is 5.75. The average molecular weight is 318 g/mol. The average Bonchev–Trinajstić information content (AvgIpc) is 2.72. The number of hydrogen-bond acceptors (Lipinski definition) is 3. The maximum atomic E-state index is 12.2. The number of benzene rings is 1. The van der Waals surface area contributed by atoms with Gasteiger partial charge in [-0.15, -0.1) is 0 Å². The number of rotatable bonds is 6. The number of hydrogen-bond donors (Lipinski definition) is 2. The number of carbonyl (C=O) groups excluding carboxylic acids is 2. The minimum absolute atomic E-state index is 0.00727. The summed E-state index contributed by atoms with van der Waals surface area (Å²) >= 11 is 0. The highest BCUT2D eigenvalue weighted by Crippen LogP contribution is 2.17. The predicted molar refractivity (Wildman–Crippen MR) is 84.6 cm³/mol. The van der Waals surface area contributed by atoms with Crippen LogP contribution in [0.2, 0.25) is 0 Å². The van der Waals surface area contributed by atoms with Gasteiger partial charge in [-0.3, -0.25) is 14.4 Å². The van der Waals surface area contributed by atoms with Gasteiger partial charge in [0.1, 0.15) is 0 Å². The van der Waals surface area contributed by atoms with Crippen molar-refractivity contribution in [2.75, 3.05) is 13.1 Å². The van der Waals surface area contributed by atoms with Gasteiger partial charge in [-0.1, -0.05) is 36.8 Å². The maximum Gasteiger partial charge on any atom is 0.305 e. The fraction of sp³-hybridized carbons (Fsp3) is 0.471. The smallest absolute Gasteiger partial charge is 0.305 e. The molecule has 1 aliphatic rings. The summed E-state index contributed by atoms with van der Waals surface area (Å²) in [6.45, 7) is 0.572. The van der Waals surface area contributed by atoms with Crippen molar-refractivity contribution in [1.82, 2.24) is 10.2 Å². The van der Waals surface area contributed by atoms with E-state index in [-0.39, 0.29) is 24.8 Å². The molecule has 1 atom stereocenters. The number of carbonyl (C=O) groups is 3. The maximum absolute atomic E-state index is 12.2. The Morgan fingerprint density at radius 2 is 1.91 bits per heavy atom. The third kappa shape index (κ3) is 5.39. The highest BCUT2D eigenvalue weighted by Gasteiger charge is 2.22. The lowest BCUT2D eigenvalue weighted by molar-refractivity contribution is -0.139. The van der Waals surface area contributed by atoms with Crippen LogP contribution in [0.1, 0.15) is 43.7 Å². The minimum atomic E-state index is -0.981. The van der Waals surface area contributed by atoms with E-state index in [1.165, 1.54) is 0 Å². The molecule has 2 N–H and O–H groups in total. The summed E-state index contributed by atoms with van der Waals surface area (Å²) in [5.74, 6) is -1.31. The van der Waals surface area contributed by atoms with Gasteiger partial charge in [0.15, 0.2) is 0 Å². The van der Waals surface area contributed by atoms with Crippen LogP contribution in [0.4, 0.5) is 0 Å². The largest absolute Gasteiger partial charge is 0.481 e. The molecular weight excluding hydrogens is 296 g/mol. The molecule has 1 heterocycles. The third-order valence-electron chi connectivity index (χ3n) is 3.92. The molecule has 0 aromatic heterocycles. The van der Waals surface area contributed by atoms with Crippen LogP contribution in [-0.2, 0) is 14.4 Å². The molecule has 2 amide bonds. The summed E-state index contributed by atoms with van der Waals surface area (Å²) in [5, 5.41) is 11.8. The summed E-state index contributed by atoms with van der Waals surface area (Å²) in [4.78, 5) is 36.8. The number of carboxylic acids is 1. The Morgan fingerprint density at radius 1 is 1.17 bits per heavy atom. The molecule has 6 heteroatoms. The first-order chi connectivity index (χ1) is 11.1. The van der Waals surface area contributed by atoms with Gasteiger partial charge >= 0.3 is 5.97 Å². The van der Waals surface area contributed by atoms with Crippen LogP contribution in [0.25, 0.3) is 0 Å². The summed E-state index contributed by atoms with van der Waals surface area (Å²) < 4.78 is 0. The molecular formula is C17H22N2O4. The van der Waals surface area contributed by atoms with Gasteiger partial charge in [-0.2, -0.15) is 0 Å². The fourth-order valence-electron chi connectivity index (χ4n) is 2.73. The fourth-order valence-corrected chi connectivity index (χ4v) is 2.73. The molecule has 0 unspecified atom stereocenters. The number of carboxylic acid groups (broad SMARTS) is 1. The third-order valence-corrected chi connectivity index (χ3v) is 3.92. The second kappa shape index (κ2) is 8.31. The molecule has 0 saturated carbocycles. The van der Waals surface area contributed by atoms with Gasteiger partial charge in [0.25, 0.3) is 0 Å². The van der Waals surface area contributed by atoms with Crippen molar-refractivity contribution in [3.8, 4) is 0 Å². The first kappa shape index (κ1) is 17.0. The van der Waals surface area contributed by atoms with Crippen LogP contribution < -0.4 is 5.32 Å². The Labute approximate surface area is 135 Å². The van der Waals surface area contributed by atoms with Gasteiger partial charge in [0.2, 0.25) is 11.8 Å². The molecule has 1 aliphatic heterocycles. The minimum Gasteiger partial charge on any atom is -0.481 e. The number of aliphatic carboxylic acids is 1. The monoisotopic (exact) mass is 318 g/mol. The Morgan fingerprint density at radius 3 is 2.61 bits per heavy atom. The lowest BCUT2D eigenvalue weighted by Crippen LogP contribution is -2.42. The van der Waals surface area contributed by atoms with Crippen molar-refractivity contribution >= 4 is 17.8 Å². The van der Waals surface area contributed by atoms with E-state index < -0.39 is 12.0 Å². The topological polar surface area (TPSA) is 86.7 Å². The molecule has 0 spiro atoms. The van der Waals surface area contributed by atoms with Crippen molar-refractivity contribution in [3.63, 3.8) is 0 Å². The Balaban J connectivity index is 1.99. The molecule has 0 radical (unpaired) electrons. The van der Waals surface area contributed by atoms with Gasteiger partial charge < -0.3 is 15.3 Å². The normalized spacial score (nSPS) is 16.5.